The van der Waals surface area contributed by atoms with Crippen LogP contribution in [0.3, 0.4) is 0 Å². The monoisotopic (exact) mass is 349 g/mol. The van der Waals surface area contributed by atoms with Crippen LogP contribution >= 0.6 is 0 Å². The molecule has 0 bridgehead atoms. The molecule has 0 fully saturated rings. The first-order valence-electron chi connectivity index (χ1n) is 7.60. The minimum Gasteiger partial charge on any atom is -0.360 e. The zero-order chi connectivity index (χ0) is 18.1. The second-order valence-electron chi connectivity index (χ2n) is 5.68. The molecule has 0 saturated carbocycles. The number of nitrogens with zero attached hydrogens (tertiary/aromatic N) is 4. The smallest absolute Gasteiger partial charge is 0.258 e. The van der Waals surface area contributed by atoms with Gasteiger partial charge in [-0.1, -0.05) is 5.16 Å². The summed E-state index contributed by atoms with van der Waals surface area (Å²) in [4.78, 5) is 12.5. The van der Waals surface area contributed by atoms with Crippen LogP contribution in [0.5, 0.6) is 0 Å². The van der Waals surface area contributed by atoms with Gasteiger partial charge in [-0.15, -0.1) is 0 Å². The highest BCUT2D eigenvalue weighted by Crippen LogP contribution is 2.21. The quantitative estimate of drug-likeness (QED) is 0.768. The van der Waals surface area contributed by atoms with Crippen LogP contribution in [0.4, 0.5) is 14.6 Å². The Morgan fingerprint density at radius 2 is 2.08 bits per heavy atom. The Morgan fingerprint density at radius 1 is 1.32 bits per heavy atom. The maximum absolute atomic E-state index is 12.5. The van der Waals surface area contributed by atoms with Crippen molar-refractivity contribution in [2.75, 3.05) is 5.32 Å². The van der Waals surface area contributed by atoms with Gasteiger partial charge < -0.3 is 9.84 Å². The van der Waals surface area contributed by atoms with Crippen LogP contribution in [-0.4, -0.2) is 31.8 Å². The second-order valence-corrected chi connectivity index (χ2v) is 5.68. The molecule has 3 aromatic rings. The average molecular weight is 349 g/mol. The molecule has 1 N–H and O–H groups in total. The van der Waals surface area contributed by atoms with Crippen molar-refractivity contribution in [3.8, 4) is 5.82 Å². The molecular weight excluding hydrogens is 332 g/mol. The molecule has 3 rings (SSSR count). The number of hydrogen-bond acceptors (Lipinski definition) is 4. The summed E-state index contributed by atoms with van der Waals surface area (Å²) in [5.41, 5.74) is 1.95. The third-order valence-electron chi connectivity index (χ3n) is 3.73. The summed E-state index contributed by atoms with van der Waals surface area (Å²) in [6.45, 7) is 4.91. The van der Waals surface area contributed by atoms with E-state index in [0.29, 0.717) is 22.8 Å². The first kappa shape index (κ1) is 16.9. The number of nitrogens with one attached hydrogen (secondary N) is 1. The van der Waals surface area contributed by atoms with Crippen molar-refractivity contribution >= 4 is 11.7 Å². The molecule has 0 aliphatic rings. The summed E-state index contributed by atoms with van der Waals surface area (Å²) >= 11 is 0. The number of carbonyl (C=O) groups excluding carboxylic acids is 1. The molecule has 132 valence electrons. The number of carbonyl (C=O) groups is 1. The molecule has 0 atom stereocenters. The van der Waals surface area contributed by atoms with Crippen molar-refractivity contribution in [2.24, 2.45) is 0 Å². The summed E-state index contributed by atoms with van der Waals surface area (Å²) in [7, 11) is 0. The average Bonchev–Trinajstić information content (AvgIpc) is 3.19. The minimum absolute atomic E-state index is 0.215. The number of aromatic nitrogens is 4. The molecule has 0 aliphatic heterocycles. The van der Waals surface area contributed by atoms with Crippen LogP contribution in [0, 0.1) is 20.8 Å². The van der Waals surface area contributed by atoms with Crippen LogP contribution in [-0.2, 0) is 6.54 Å². The van der Waals surface area contributed by atoms with E-state index in [0.717, 1.165) is 10.4 Å². The first-order chi connectivity index (χ1) is 11.8. The van der Waals surface area contributed by atoms with Crippen molar-refractivity contribution in [2.45, 2.75) is 33.7 Å². The van der Waals surface area contributed by atoms with Crippen LogP contribution < -0.4 is 5.32 Å². The fourth-order valence-corrected chi connectivity index (χ4v) is 2.66. The highest BCUT2D eigenvalue weighted by atomic mass is 19.3. The Labute approximate surface area is 142 Å². The maximum Gasteiger partial charge on any atom is 0.258 e. The van der Waals surface area contributed by atoms with Gasteiger partial charge in [-0.2, -0.15) is 5.10 Å². The Bertz CT molecular complexity index is 910. The zero-order valence-electron chi connectivity index (χ0n) is 14.0. The molecule has 25 heavy (non-hydrogen) atoms. The Hall–Kier alpha value is -2.97. The topological polar surface area (TPSA) is 77.9 Å². The second kappa shape index (κ2) is 6.50. The van der Waals surface area contributed by atoms with Crippen LogP contribution in [0.25, 0.3) is 5.82 Å². The number of alkyl halides is 2. The molecule has 0 aromatic carbocycles. The van der Waals surface area contributed by atoms with Gasteiger partial charge in [0.2, 0.25) is 0 Å². The molecule has 1 amide bonds. The number of aryl methyl sites for hydroxylation is 2. The van der Waals surface area contributed by atoms with Gasteiger partial charge >= 0.3 is 0 Å². The number of halogens is 2. The lowest BCUT2D eigenvalue weighted by Crippen LogP contribution is -2.14. The van der Waals surface area contributed by atoms with Gasteiger partial charge in [-0.25, -0.2) is 8.78 Å². The molecule has 0 radical (unpaired) electrons. The van der Waals surface area contributed by atoms with Gasteiger partial charge in [0.15, 0.2) is 11.6 Å². The summed E-state index contributed by atoms with van der Waals surface area (Å²) < 4.78 is 32.7. The Balaban J connectivity index is 1.82. The molecule has 0 aliphatic carbocycles. The van der Waals surface area contributed by atoms with E-state index in [-0.39, 0.29) is 11.7 Å². The lowest BCUT2D eigenvalue weighted by atomic mass is 10.2. The van der Waals surface area contributed by atoms with E-state index in [2.05, 4.69) is 15.6 Å². The summed E-state index contributed by atoms with van der Waals surface area (Å²) in [5, 5.41) is 10.5. The summed E-state index contributed by atoms with van der Waals surface area (Å²) in [5.74, 6) is 1.10. The molecule has 9 heteroatoms. The maximum atomic E-state index is 12.5. The van der Waals surface area contributed by atoms with Crippen molar-refractivity contribution in [3.63, 3.8) is 0 Å². The molecule has 0 unspecified atom stereocenters. The predicted octanol–water partition coefficient (Wildman–Crippen LogP) is 3.10. The van der Waals surface area contributed by atoms with Crippen molar-refractivity contribution < 1.29 is 18.1 Å². The van der Waals surface area contributed by atoms with Gasteiger partial charge in [0.1, 0.15) is 12.3 Å². The Morgan fingerprint density at radius 3 is 2.72 bits per heavy atom. The van der Waals surface area contributed by atoms with Gasteiger partial charge in [-0.3, -0.25) is 14.0 Å². The normalized spacial score (nSPS) is 11.3. The van der Waals surface area contributed by atoms with Gasteiger partial charge in [0, 0.05) is 29.7 Å². The first-order valence-corrected chi connectivity index (χ1v) is 7.60. The Kier molecular flexibility index (Phi) is 4.39. The van der Waals surface area contributed by atoms with Crippen LogP contribution in [0.2, 0.25) is 0 Å². The van der Waals surface area contributed by atoms with E-state index in [1.807, 2.05) is 6.92 Å². The van der Waals surface area contributed by atoms with E-state index >= 15 is 0 Å². The van der Waals surface area contributed by atoms with E-state index in [4.69, 9.17) is 4.52 Å². The molecule has 3 aromatic heterocycles. The molecule has 3 heterocycles. The highest BCUT2D eigenvalue weighted by Gasteiger charge is 2.19. The highest BCUT2D eigenvalue weighted by molar-refractivity contribution is 6.04. The minimum atomic E-state index is -2.51. The number of hydrogen-bond donors (Lipinski definition) is 1. The number of rotatable bonds is 5. The summed E-state index contributed by atoms with van der Waals surface area (Å²) in [6, 6.07) is 4.97. The number of amides is 1. The van der Waals surface area contributed by atoms with Crippen LogP contribution in [0.1, 0.15) is 27.5 Å². The van der Waals surface area contributed by atoms with Gasteiger partial charge in [-0.05, 0) is 26.8 Å². The molecule has 0 saturated heterocycles. The predicted molar refractivity (Wildman–Crippen MR) is 86.2 cm³/mol. The third kappa shape index (κ3) is 3.44. The van der Waals surface area contributed by atoms with Crippen LogP contribution in [0.15, 0.2) is 28.9 Å². The molecular formula is C16H17F2N5O2. The number of anilines is 1. The van der Waals surface area contributed by atoms with Crippen molar-refractivity contribution in [1.29, 1.82) is 0 Å². The van der Waals surface area contributed by atoms with E-state index in [1.54, 1.807) is 30.5 Å². The SMILES string of the molecule is Cc1cc(-n2c(C)cc(C(=O)Nc3ccn(CC(F)F)n3)c2C)no1. The lowest BCUT2D eigenvalue weighted by Gasteiger charge is -2.05. The largest absolute Gasteiger partial charge is 0.360 e. The summed E-state index contributed by atoms with van der Waals surface area (Å²) in [6.07, 6.45) is -1.11. The fourth-order valence-electron chi connectivity index (χ4n) is 2.66. The zero-order valence-corrected chi connectivity index (χ0v) is 14.0. The lowest BCUT2D eigenvalue weighted by molar-refractivity contribution is 0.102. The standard InChI is InChI=1S/C16H17F2N5O2/c1-9-6-12(11(3)23(9)15-7-10(2)25-21-15)16(24)19-14-4-5-22(20-14)8-13(17)18/h4-7,13H,8H2,1-3H3,(H,19,20,24). The van der Waals surface area contributed by atoms with Crippen molar-refractivity contribution in [3.05, 3.63) is 47.1 Å². The molecule has 0 spiro atoms. The van der Waals surface area contributed by atoms with E-state index < -0.39 is 13.0 Å². The van der Waals surface area contributed by atoms with E-state index in [9.17, 15) is 13.6 Å². The van der Waals surface area contributed by atoms with Gasteiger partial charge in [0.05, 0.1) is 5.56 Å². The fraction of sp³-hybridized carbons (Fsp3) is 0.312. The van der Waals surface area contributed by atoms with Crippen molar-refractivity contribution in [1.82, 2.24) is 19.5 Å². The van der Waals surface area contributed by atoms with Gasteiger partial charge in [0.25, 0.3) is 12.3 Å². The van der Waals surface area contributed by atoms with E-state index in [1.165, 1.54) is 12.3 Å². The molecule has 7 nitrogen and oxygen atoms in total. The third-order valence-corrected chi connectivity index (χ3v) is 3.73.